The third-order valence-electron chi connectivity index (χ3n) is 0.827. The van der Waals surface area contributed by atoms with Crippen LogP contribution in [0.25, 0.3) is 0 Å². The summed E-state index contributed by atoms with van der Waals surface area (Å²) in [7, 11) is 0. The predicted molar refractivity (Wildman–Crippen MR) is 28.2 cm³/mol. The molecule has 0 atom stereocenters. The van der Waals surface area contributed by atoms with Gasteiger partial charge < -0.3 is 0 Å². The van der Waals surface area contributed by atoms with Gasteiger partial charge in [0, 0.05) is 0 Å². The molecule has 0 N–H and O–H groups in total. The summed E-state index contributed by atoms with van der Waals surface area (Å²) >= 11 is 0. The first kappa shape index (κ1) is 5.09. The fourth-order valence-corrected chi connectivity index (χ4v) is 0.441. The molecule has 0 unspecified atom stereocenters. The fraction of sp³-hybridized carbons (Fsp3) is 0. The fourth-order valence-electron chi connectivity index (χ4n) is 0.441. The quantitative estimate of drug-likeness (QED) is 0.482. The number of hydrogen-bond acceptors (Lipinski definition) is 0. The van der Waals surface area contributed by atoms with E-state index in [9.17, 15) is 4.39 Å². The molecule has 0 aliphatic heterocycles. The van der Waals surface area contributed by atoms with E-state index in [0.29, 0.717) is 0 Å². The highest BCUT2D eigenvalue weighted by Gasteiger charge is 1.86. The van der Waals surface area contributed by atoms with Crippen molar-refractivity contribution in [2.24, 2.45) is 0 Å². The van der Waals surface area contributed by atoms with Gasteiger partial charge in [0.1, 0.15) is 5.82 Å². The van der Waals surface area contributed by atoms with E-state index in [1.165, 1.54) is 24.3 Å². The second-order valence-electron chi connectivity index (χ2n) is 1.48. The van der Waals surface area contributed by atoms with E-state index >= 15 is 0 Å². The number of halogens is 1. The molecule has 0 aliphatic rings. The third kappa shape index (κ3) is 0.964. The van der Waals surface area contributed by atoms with Crippen LogP contribution in [0.3, 0.4) is 0 Å². The molecule has 0 bridgehead atoms. The minimum absolute atomic E-state index is 0.0893. The van der Waals surface area contributed by atoms with Crippen molar-refractivity contribution in [1.82, 2.24) is 5.73 Å². The van der Waals surface area contributed by atoms with E-state index in [-0.39, 0.29) is 11.5 Å². The van der Waals surface area contributed by atoms with Crippen molar-refractivity contribution in [2.75, 3.05) is 0 Å². The average molecular weight is 109 g/mol. The summed E-state index contributed by atoms with van der Waals surface area (Å²) in [6.45, 7) is 0. The second kappa shape index (κ2) is 1.82. The molecule has 1 nitrogen and oxygen atoms in total. The number of benzene rings is 1. The van der Waals surface area contributed by atoms with Gasteiger partial charge in [-0.15, -0.1) is 0 Å². The zero-order valence-corrected chi connectivity index (χ0v) is 4.13. The molecule has 1 aromatic carbocycles. The van der Waals surface area contributed by atoms with Crippen molar-refractivity contribution in [3.05, 3.63) is 30.1 Å². The Bertz CT molecular complexity index is 147. The highest BCUT2D eigenvalue weighted by molar-refractivity contribution is 5.32. The average Bonchev–Trinajstić information content (AvgIpc) is 1.77. The van der Waals surface area contributed by atoms with Crippen LogP contribution in [-0.4, -0.2) is 0 Å². The lowest BCUT2D eigenvalue weighted by Gasteiger charge is -1.84. The lowest BCUT2D eigenvalue weighted by molar-refractivity contribution is 0.628. The Balaban J connectivity index is 3.03. The van der Waals surface area contributed by atoms with Gasteiger partial charge in [0.05, 0.1) is 5.69 Å². The van der Waals surface area contributed by atoms with Crippen LogP contribution in [-0.2, 0) is 0 Å². The van der Waals surface area contributed by atoms with E-state index in [1.54, 1.807) is 0 Å². The monoisotopic (exact) mass is 109 g/mol. The van der Waals surface area contributed by atoms with Crippen LogP contribution < -0.4 is 5.73 Å². The maximum Gasteiger partial charge on any atom is 0.123 e. The molecule has 0 aliphatic carbocycles. The summed E-state index contributed by atoms with van der Waals surface area (Å²) in [5, 5.41) is 0. The first-order valence-corrected chi connectivity index (χ1v) is 2.23. The summed E-state index contributed by atoms with van der Waals surface area (Å²) < 4.78 is 12.0. The van der Waals surface area contributed by atoms with Crippen molar-refractivity contribution >= 4 is 5.69 Å². The molecule has 0 aromatic heterocycles. The van der Waals surface area contributed by atoms with Crippen LogP contribution in [0.1, 0.15) is 0 Å². The van der Waals surface area contributed by atoms with Gasteiger partial charge in [0.25, 0.3) is 0 Å². The van der Waals surface area contributed by atoms with E-state index < -0.39 is 0 Å². The molecular weight excluding hydrogens is 105 g/mol. The molecular formula is C6H4FN. The Morgan fingerprint density at radius 2 is 1.62 bits per heavy atom. The molecule has 0 saturated heterocycles. The van der Waals surface area contributed by atoms with Crippen molar-refractivity contribution in [3.8, 4) is 0 Å². The molecule has 2 heteroatoms. The van der Waals surface area contributed by atoms with E-state index in [0.717, 1.165) is 0 Å². The molecule has 0 spiro atoms. The van der Waals surface area contributed by atoms with Crippen LogP contribution in [0.15, 0.2) is 24.3 Å². The Hall–Kier alpha value is -1.05. The highest BCUT2D eigenvalue weighted by atomic mass is 19.1. The Morgan fingerprint density at radius 3 is 2.00 bits per heavy atom. The van der Waals surface area contributed by atoms with Gasteiger partial charge in [-0.05, 0) is 24.3 Å². The summed E-state index contributed by atoms with van der Waals surface area (Å²) in [6.07, 6.45) is 0. The smallest absolute Gasteiger partial charge is 0.123 e. The first-order valence-electron chi connectivity index (χ1n) is 2.23. The molecule has 2 radical (unpaired) electrons. The number of rotatable bonds is 0. The summed E-state index contributed by atoms with van der Waals surface area (Å²) in [4.78, 5) is 0. The Kier molecular flexibility index (Phi) is 1.16. The van der Waals surface area contributed by atoms with Gasteiger partial charge in [-0.25, -0.2) is 4.39 Å². The Morgan fingerprint density at radius 1 is 1.12 bits per heavy atom. The highest BCUT2D eigenvalue weighted by Crippen LogP contribution is 2.03. The van der Waals surface area contributed by atoms with Crippen molar-refractivity contribution in [1.29, 1.82) is 0 Å². The first-order chi connectivity index (χ1) is 3.79. The topological polar surface area (TPSA) is 22.3 Å². The lowest BCUT2D eigenvalue weighted by atomic mass is 10.3. The number of nitrogens with zero attached hydrogens (tertiary/aromatic N) is 1. The van der Waals surface area contributed by atoms with E-state index in [4.69, 9.17) is 5.73 Å². The van der Waals surface area contributed by atoms with Crippen LogP contribution in [0.2, 0.25) is 0 Å². The number of hydrogen-bond donors (Lipinski definition) is 0. The molecule has 8 heavy (non-hydrogen) atoms. The molecule has 1 aromatic rings. The molecule has 0 heterocycles. The molecule has 0 fully saturated rings. The summed E-state index contributed by atoms with van der Waals surface area (Å²) in [6, 6.07) is 5.01. The van der Waals surface area contributed by atoms with Gasteiger partial charge >= 0.3 is 0 Å². The van der Waals surface area contributed by atoms with Gasteiger partial charge in [0.15, 0.2) is 0 Å². The summed E-state index contributed by atoms with van der Waals surface area (Å²) in [5.41, 5.74) is 8.68. The van der Waals surface area contributed by atoms with E-state index in [1.807, 2.05) is 0 Å². The van der Waals surface area contributed by atoms with Gasteiger partial charge in [-0.3, -0.25) is 0 Å². The van der Waals surface area contributed by atoms with Crippen LogP contribution in [0, 0.1) is 5.82 Å². The standard InChI is InChI=1S/C6H4FN/c7-5-1-3-6(8)4-2-5/h1-4H. The molecule has 0 amide bonds. The second-order valence-corrected chi connectivity index (χ2v) is 1.48. The van der Waals surface area contributed by atoms with Crippen LogP contribution in [0.4, 0.5) is 10.1 Å². The van der Waals surface area contributed by atoms with Gasteiger partial charge in [0.2, 0.25) is 0 Å². The minimum atomic E-state index is -0.331. The predicted octanol–water partition coefficient (Wildman–Crippen LogP) is 1.53. The third-order valence-corrected chi connectivity index (χ3v) is 0.827. The SMILES string of the molecule is [N]c1ccc(F)cc1. The zero-order chi connectivity index (χ0) is 5.98. The van der Waals surface area contributed by atoms with Crippen molar-refractivity contribution in [2.45, 2.75) is 0 Å². The molecule has 40 valence electrons. The lowest BCUT2D eigenvalue weighted by Crippen LogP contribution is -1.70. The van der Waals surface area contributed by atoms with Crippen molar-refractivity contribution < 1.29 is 4.39 Å². The Labute approximate surface area is 46.9 Å². The minimum Gasteiger partial charge on any atom is -0.207 e. The van der Waals surface area contributed by atoms with Crippen LogP contribution in [0.5, 0.6) is 0 Å². The largest absolute Gasteiger partial charge is 0.207 e. The maximum atomic E-state index is 12.0. The van der Waals surface area contributed by atoms with Crippen LogP contribution >= 0.6 is 0 Å². The van der Waals surface area contributed by atoms with Crippen molar-refractivity contribution in [3.63, 3.8) is 0 Å². The maximum absolute atomic E-state index is 12.0. The molecule has 0 saturated carbocycles. The van der Waals surface area contributed by atoms with Gasteiger partial charge in [-0.2, -0.15) is 5.73 Å². The van der Waals surface area contributed by atoms with E-state index in [2.05, 4.69) is 0 Å². The normalized spacial score (nSPS) is 9.12. The molecule has 1 rings (SSSR count). The zero-order valence-electron chi connectivity index (χ0n) is 4.13. The summed E-state index contributed by atoms with van der Waals surface area (Å²) in [5.74, 6) is -0.331. The van der Waals surface area contributed by atoms with Gasteiger partial charge in [-0.1, -0.05) is 0 Å².